The van der Waals surface area contributed by atoms with Gasteiger partial charge in [0.05, 0.1) is 4.90 Å². The summed E-state index contributed by atoms with van der Waals surface area (Å²) < 4.78 is 32.2. The molecule has 3 aromatic rings. The summed E-state index contributed by atoms with van der Waals surface area (Å²) >= 11 is 9.90. The van der Waals surface area contributed by atoms with E-state index < -0.39 is 15.0 Å². The van der Waals surface area contributed by atoms with Crippen LogP contribution in [-0.2, 0) is 10.1 Å². The first kappa shape index (κ1) is 16.5. The zero-order valence-corrected chi connectivity index (χ0v) is 14.2. The fraction of sp³-hybridized carbons (Fsp3) is 0. The summed E-state index contributed by atoms with van der Waals surface area (Å²) in [5.74, 6) is 0.0459. The molecule has 0 radical (unpaired) electrons. The van der Waals surface area contributed by atoms with E-state index in [1.54, 1.807) is 18.2 Å². The van der Waals surface area contributed by atoms with Crippen LogP contribution in [0.15, 0.2) is 35.2 Å². The number of hydrogen-bond acceptors (Lipinski definition) is 7. The number of nitrogens with zero attached hydrogens (tertiary/aromatic N) is 1. The number of benzene rings is 2. The Morgan fingerprint density at radius 1 is 1.12 bits per heavy atom. The summed E-state index contributed by atoms with van der Waals surface area (Å²) in [6, 6.07) is 7.08. The van der Waals surface area contributed by atoms with Crippen molar-refractivity contribution in [3.05, 3.63) is 39.9 Å². The number of rotatable bonds is 3. The highest BCUT2D eigenvalue weighted by molar-refractivity contribution is 7.85. The Morgan fingerprint density at radius 2 is 1.88 bits per heavy atom. The van der Waals surface area contributed by atoms with Crippen LogP contribution in [0.2, 0.25) is 0 Å². The van der Waals surface area contributed by atoms with Gasteiger partial charge in [0.2, 0.25) is 10.7 Å². The molecule has 1 aromatic heterocycles. The zero-order valence-electron chi connectivity index (χ0n) is 11.8. The van der Waals surface area contributed by atoms with Gasteiger partial charge in [-0.25, -0.2) is 0 Å². The van der Waals surface area contributed by atoms with Gasteiger partial charge in [0.25, 0.3) is 10.1 Å². The highest BCUT2D eigenvalue weighted by Crippen LogP contribution is 2.31. The van der Waals surface area contributed by atoms with Crippen molar-refractivity contribution >= 4 is 57.0 Å². The maximum Gasteiger partial charge on any atom is 0.294 e. The molecule has 1 heterocycles. The third kappa shape index (κ3) is 3.43. The highest BCUT2D eigenvalue weighted by Gasteiger charge is 2.13. The molecule has 0 fully saturated rings. The van der Waals surface area contributed by atoms with E-state index in [1.807, 2.05) is 0 Å². The molecule has 0 aliphatic carbocycles. The van der Waals surface area contributed by atoms with Crippen LogP contribution in [0.3, 0.4) is 0 Å². The molecule has 5 N–H and O–H groups in total. The third-order valence-electron chi connectivity index (χ3n) is 3.13. The Labute approximate surface area is 146 Å². The average molecular weight is 382 g/mol. The van der Waals surface area contributed by atoms with Crippen LogP contribution in [0, 0.1) is 9.54 Å². The van der Waals surface area contributed by atoms with E-state index in [9.17, 15) is 13.5 Å². The monoisotopic (exact) mass is 382 g/mol. The van der Waals surface area contributed by atoms with E-state index >= 15 is 0 Å². The van der Waals surface area contributed by atoms with Crippen molar-refractivity contribution in [2.24, 2.45) is 0 Å². The summed E-state index contributed by atoms with van der Waals surface area (Å²) in [6.07, 6.45) is 0. The quantitative estimate of drug-likeness (QED) is 0.345. The normalized spacial score (nSPS) is 11.5. The van der Waals surface area contributed by atoms with Crippen LogP contribution >= 0.6 is 24.4 Å². The lowest BCUT2D eigenvalue weighted by atomic mass is 10.1. The molecular formula is C13H10N4O4S3. The van der Waals surface area contributed by atoms with Crippen molar-refractivity contribution in [3.8, 4) is 5.75 Å². The molecule has 0 saturated heterocycles. The topological polar surface area (TPSA) is 131 Å². The van der Waals surface area contributed by atoms with Gasteiger partial charge in [-0.2, -0.15) is 13.4 Å². The highest BCUT2D eigenvalue weighted by atomic mass is 32.2. The van der Waals surface area contributed by atoms with Crippen LogP contribution in [0.1, 0.15) is 0 Å². The molecule has 0 unspecified atom stereocenters. The van der Waals surface area contributed by atoms with Crippen molar-refractivity contribution < 1.29 is 18.1 Å². The van der Waals surface area contributed by atoms with Crippen molar-refractivity contribution in [1.82, 2.24) is 15.0 Å². The number of nitrogens with one attached hydrogen (secondary N) is 3. The largest absolute Gasteiger partial charge is 0.507 e. The predicted octanol–water partition coefficient (Wildman–Crippen LogP) is 3.05. The SMILES string of the molecule is O=S(=O)(O)c1cc(O)c2ccc(Nc3nc(=S)[nH]c(=S)[nH]3)cc2c1. The van der Waals surface area contributed by atoms with E-state index in [0.29, 0.717) is 27.2 Å². The van der Waals surface area contributed by atoms with Gasteiger partial charge in [-0.15, -0.1) is 0 Å². The van der Waals surface area contributed by atoms with Crippen LogP contribution in [0.4, 0.5) is 11.6 Å². The van der Waals surface area contributed by atoms with Gasteiger partial charge in [0.15, 0.2) is 4.77 Å². The summed E-state index contributed by atoms with van der Waals surface area (Å²) in [6.45, 7) is 0. The lowest BCUT2D eigenvalue weighted by Crippen LogP contribution is -2.00. The van der Waals surface area contributed by atoms with Crippen LogP contribution in [-0.4, -0.2) is 33.0 Å². The molecule has 0 atom stereocenters. The number of aromatic hydroxyl groups is 1. The first-order valence-electron chi connectivity index (χ1n) is 6.44. The molecular weight excluding hydrogens is 372 g/mol. The second kappa shape index (κ2) is 5.94. The van der Waals surface area contributed by atoms with Crippen molar-refractivity contribution in [2.45, 2.75) is 4.90 Å². The summed E-state index contributed by atoms with van der Waals surface area (Å²) in [5.41, 5.74) is 0.549. The molecule has 0 saturated carbocycles. The first-order chi connectivity index (χ1) is 11.2. The van der Waals surface area contributed by atoms with Gasteiger partial charge in [0, 0.05) is 17.1 Å². The number of H-pyrrole nitrogens is 2. The van der Waals surface area contributed by atoms with Crippen molar-refractivity contribution in [3.63, 3.8) is 0 Å². The minimum Gasteiger partial charge on any atom is -0.507 e. The molecule has 0 spiro atoms. The van der Waals surface area contributed by atoms with Gasteiger partial charge >= 0.3 is 0 Å². The average Bonchev–Trinajstić information content (AvgIpc) is 2.44. The fourth-order valence-electron chi connectivity index (χ4n) is 2.14. The number of phenols is 1. The van der Waals surface area contributed by atoms with Gasteiger partial charge in [-0.3, -0.25) is 4.55 Å². The molecule has 0 aliphatic heterocycles. The van der Waals surface area contributed by atoms with E-state index in [-0.39, 0.29) is 10.5 Å². The molecule has 0 aliphatic rings. The van der Waals surface area contributed by atoms with Gasteiger partial charge < -0.3 is 20.4 Å². The number of anilines is 2. The number of hydrogen-bond donors (Lipinski definition) is 5. The van der Waals surface area contributed by atoms with Crippen LogP contribution in [0.25, 0.3) is 10.8 Å². The number of aromatic amines is 2. The van der Waals surface area contributed by atoms with E-state index in [4.69, 9.17) is 29.0 Å². The second-order valence-corrected chi connectivity index (χ2v) is 7.04. The van der Waals surface area contributed by atoms with Crippen LogP contribution in [0.5, 0.6) is 5.75 Å². The smallest absolute Gasteiger partial charge is 0.294 e. The Bertz CT molecular complexity index is 1140. The Morgan fingerprint density at radius 3 is 2.54 bits per heavy atom. The predicted molar refractivity (Wildman–Crippen MR) is 93.3 cm³/mol. The second-order valence-electron chi connectivity index (χ2n) is 4.82. The lowest BCUT2D eigenvalue weighted by Gasteiger charge is -2.09. The standard InChI is InChI=1S/C13H10N4O4S3/c18-10-5-8(24(19,20)21)4-6-3-7(1-2-9(6)10)14-11-15-12(22)17-13(23)16-11/h1-5,18H,(H,19,20,21)(H3,14,15,16,17,22,23). The third-order valence-corrected chi connectivity index (χ3v) is 4.36. The molecule has 8 nitrogen and oxygen atoms in total. The molecule has 0 bridgehead atoms. The summed E-state index contributed by atoms with van der Waals surface area (Å²) in [7, 11) is -4.43. The zero-order chi connectivity index (χ0) is 17.5. The fourth-order valence-corrected chi connectivity index (χ4v) is 3.13. The van der Waals surface area contributed by atoms with Gasteiger partial charge in [-0.1, -0.05) is 0 Å². The first-order valence-corrected chi connectivity index (χ1v) is 8.70. The minimum absolute atomic E-state index is 0.202. The maximum atomic E-state index is 11.3. The summed E-state index contributed by atoms with van der Waals surface area (Å²) in [4.78, 5) is 9.06. The van der Waals surface area contributed by atoms with Gasteiger partial charge in [-0.05, 0) is 54.1 Å². The lowest BCUT2D eigenvalue weighted by molar-refractivity contribution is 0.471. The molecule has 24 heavy (non-hydrogen) atoms. The maximum absolute atomic E-state index is 11.3. The van der Waals surface area contributed by atoms with Gasteiger partial charge in [0.1, 0.15) is 5.75 Å². The molecule has 3 rings (SSSR count). The molecule has 11 heteroatoms. The Balaban J connectivity index is 2.10. The minimum atomic E-state index is -4.43. The summed E-state index contributed by atoms with van der Waals surface area (Å²) in [5, 5.41) is 13.7. The van der Waals surface area contributed by atoms with E-state index in [0.717, 1.165) is 6.07 Å². The molecule has 124 valence electrons. The Hall–Kier alpha value is -2.34. The molecule has 0 amide bonds. The van der Waals surface area contributed by atoms with Crippen molar-refractivity contribution in [1.29, 1.82) is 0 Å². The Kier molecular flexibility index (Phi) is 4.09. The number of fused-ring (bicyclic) bond motifs is 1. The number of phenolic OH excluding ortho intramolecular Hbond substituents is 1. The molecule has 2 aromatic carbocycles. The van der Waals surface area contributed by atoms with E-state index in [2.05, 4.69) is 20.3 Å². The van der Waals surface area contributed by atoms with E-state index in [1.165, 1.54) is 6.07 Å². The van der Waals surface area contributed by atoms with Crippen LogP contribution < -0.4 is 5.32 Å². The number of aromatic nitrogens is 3. The van der Waals surface area contributed by atoms with Crippen molar-refractivity contribution in [2.75, 3.05) is 5.32 Å².